The van der Waals surface area contributed by atoms with Crippen LogP contribution >= 0.6 is 27.5 Å². The van der Waals surface area contributed by atoms with Crippen molar-refractivity contribution in [3.05, 3.63) is 51.6 Å². The highest BCUT2D eigenvalue weighted by Gasteiger charge is 2.12. The van der Waals surface area contributed by atoms with Crippen molar-refractivity contribution in [1.82, 2.24) is 4.98 Å². The minimum absolute atomic E-state index is 0.385. The van der Waals surface area contributed by atoms with Gasteiger partial charge < -0.3 is 9.84 Å². The molecule has 0 bridgehead atoms. The third-order valence-corrected chi connectivity index (χ3v) is 3.21. The highest BCUT2D eigenvalue weighted by Crippen LogP contribution is 2.33. The molecule has 2 rings (SSSR count). The molecule has 1 N–H and O–H groups in total. The van der Waals surface area contributed by atoms with Crippen molar-refractivity contribution in [1.29, 1.82) is 0 Å². The maximum atomic E-state index is 9.64. The van der Waals surface area contributed by atoms with Crippen LogP contribution in [0.3, 0.4) is 0 Å². The van der Waals surface area contributed by atoms with Gasteiger partial charge in [-0.05, 0) is 53.2 Å². The SMILES string of the molecule is CC(O)c1cccnc1Oc1ccc(Cl)cc1Br. The second kappa shape index (κ2) is 5.69. The van der Waals surface area contributed by atoms with E-state index in [1.54, 1.807) is 43.5 Å². The molecule has 0 aliphatic rings. The molecule has 0 radical (unpaired) electrons. The van der Waals surface area contributed by atoms with Crippen LogP contribution in [0.5, 0.6) is 11.6 Å². The van der Waals surface area contributed by atoms with Gasteiger partial charge in [0.1, 0.15) is 5.75 Å². The Morgan fingerprint density at radius 2 is 2.17 bits per heavy atom. The Labute approximate surface area is 119 Å². The van der Waals surface area contributed by atoms with E-state index in [1.807, 2.05) is 0 Å². The van der Waals surface area contributed by atoms with Crippen LogP contribution in [0.1, 0.15) is 18.6 Å². The summed E-state index contributed by atoms with van der Waals surface area (Å²) in [6.07, 6.45) is 0.977. The van der Waals surface area contributed by atoms with Crippen LogP contribution in [0.25, 0.3) is 0 Å². The number of aliphatic hydroxyl groups excluding tert-OH is 1. The van der Waals surface area contributed by atoms with E-state index in [2.05, 4.69) is 20.9 Å². The molecule has 0 aliphatic heterocycles. The lowest BCUT2D eigenvalue weighted by Crippen LogP contribution is -1.98. The van der Waals surface area contributed by atoms with Crippen molar-refractivity contribution in [3.63, 3.8) is 0 Å². The minimum Gasteiger partial charge on any atom is -0.437 e. The molecular formula is C13H11BrClNO2. The zero-order chi connectivity index (χ0) is 13.1. The van der Waals surface area contributed by atoms with Gasteiger partial charge in [0.25, 0.3) is 0 Å². The molecule has 18 heavy (non-hydrogen) atoms. The highest BCUT2D eigenvalue weighted by atomic mass is 79.9. The predicted octanol–water partition coefficient (Wildman–Crippen LogP) is 4.34. The van der Waals surface area contributed by atoms with Crippen molar-refractivity contribution >= 4 is 27.5 Å². The van der Waals surface area contributed by atoms with Gasteiger partial charge in [0.05, 0.1) is 10.6 Å². The van der Waals surface area contributed by atoms with Gasteiger partial charge in [-0.3, -0.25) is 0 Å². The fraction of sp³-hybridized carbons (Fsp3) is 0.154. The summed E-state index contributed by atoms with van der Waals surface area (Å²) < 4.78 is 6.41. The largest absolute Gasteiger partial charge is 0.437 e. The van der Waals surface area contributed by atoms with E-state index in [0.717, 1.165) is 4.47 Å². The molecule has 2 aromatic rings. The van der Waals surface area contributed by atoms with E-state index in [4.69, 9.17) is 16.3 Å². The quantitative estimate of drug-likeness (QED) is 0.911. The summed E-state index contributed by atoms with van der Waals surface area (Å²) in [6.45, 7) is 1.67. The summed E-state index contributed by atoms with van der Waals surface area (Å²) in [5.41, 5.74) is 0.638. The summed E-state index contributed by atoms with van der Waals surface area (Å²) in [6, 6.07) is 8.74. The van der Waals surface area contributed by atoms with Crippen LogP contribution in [-0.4, -0.2) is 10.1 Å². The average molecular weight is 329 g/mol. The summed E-state index contributed by atoms with van der Waals surface area (Å²) in [7, 11) is 0. The highest BCUT2D eigenvalue weighted by molar-refractivity contribution is 9.10. The average Bonchev–Trinajstić information content (AvgIpc) is 2.33. The summed E-state index contributed by atoms with van der Waals surface area (Å²) in [5.74, 6) is 0.982. The molecular weight excluding hydrogens is 318 g/mol. The fourth-order valence-corrected chi connectivity index (χ4v) is 2.23. The van der Waals surface area contributed by atoms with Crippen LogP contribution in [0, 0.1) is 0 Å². The molecule has 1 aromatic carbocycles. The molecule has 3 nitrogen and oxygen atoms in total. The lowest BCUT2D eigenvalue weighted by molar-refractivity contribution is 0.194. The summed E-state index contributed by atoms with van der Waals surface area (Å²) in [5, 5.41) is 10.3. The lowest BCUT2D eigenvalue weighted by atomic mass is 10.2. The first-order valence-electron chi connectivity index (χ1n) is 5.34. The van der Waals surface area contributed by atoms with Gasteiger partial charge >= 0.3 is 0 Å². The Morgan fingerprint density at radius 1 is 1.39 bits per heavy atom. The number of pyridine rings is 1. The topological polar surface area (TPSA) is 42.4 Å². The third kappa shape index (κ3) is 3.02. The first-order chi connectivity index (χ1) is 8.58. The van der Waals surface area contributed by atoms with Crippen LogP contribution in [0.15, 0.2) is 41.0 Å². The maximum absolute atomic E-state index is 9.64. The van der Waals surface area contributed by atoms with E-state index in [9.17, 15) is 5.11 Å². The van der Waals surface area contributed by atoms with Gasteiger partial charge in [0.15, 0.2) is 0 Å². The number of ether oxygens (including phenoxy) is 1. The molecule has 94 valence electrons. The first-order valence-corrected chi connectivity index (χ1v) is 6.51. The molecule has 0 saturated carbocycles. The van der Waals surface area contributed by atoms with E-state index >= 15 is 0 Å². The summed E-state index contributed by atoms with van der Waals surface area (Å²) >= 11 is 9.23. The number of hydrogen-bond donors (Lipinski definition) is 1. The number of aromatic nitrogens is 1. The number of hydrogen-bond acceptors (Lipinski definition) is 3. The van der Waals surface area contributed by atoms with E-state index in [0.29, 0.717) is 22.2 Å². The second-order valence-corrected chi connectivity index (χ2v) is 5.04. The van der Waals surface area contributed by atoms with Crippen LogP contribution in [0.2, 0.25) is 5.02 Å². The van der Waals surface area contributed by atoms with Gasteiger partial charge in [-0.15, -0.1) is 0 Å². The fourth-order valence-electron chi connectivity index (χ4n) is 1.47. The van der Waals surface area contributed by atoms with Crippen molar-refractivity contribution in [2.75, 3.05) is 0 Å². The van der Waals surface area contributed by atoms with Gasteiger partial charge in [-0.1, -0.05) is 11.6 Å². The number of halogens is 2. The Balaban J connectivity index is 2.34. The molecule has 1 aromatic heterocycles. The van der Waals surface area contributed by atoms with Crippen LogP contribution in [0.4, 0.5) is 0 Å². The van der Waals surface area contributed by atoms with Gasteiger partial charge in [0, 0.05) is 16.8 Å². The number of nitrogens with zero attached hydrogens (tertiary/aromatic N) is 1. The number of rotatable bonds is 3. The predicted molar refractivity (Wildman–Crippen MR) is 74.1 cm³/mol. The van der Waals surface area contributed by atoms with Crippen molar-refractivity contribution in [3.8, 4) is 11.6 Å². The van der Waals surface area contributed by atoms with Crippen molar-refractivity contribution in [2.45, 2.75) is 13.0 Å². The van der Waals surface area contributed by atoms with Gasteiger partial charge in [-0.2, -0.15) is 0 Å². The Hall–Kier alpha value is -1.10. The Morgan fingerprint density at radius 3 is 2.83 bits per heavy atom. The smallest absolute Gasteiger partial charge is 0.225 e. The van der Waals surface area contributed by atoms with Gasteiger partial charge in [-0.25, -0.2) is 4.98 Å². The standard InChI is InChI=1S/C13H11BrClNO2/c1-8(17)10-3-2-6-16-13(10)18-12-5-4-9(15)7-11(12)14/h2-8,17H,1H3. The zero-order valence-electron chi connectivity index (χ0n) is 9.60. The zero-order valence-corrected chi connectivity index (χ0v) is 11.9. The first kappa shape index (κ1) is 13.3. The lowest BCUT2D eigenvalue weighted by Gasteiger charge is -2.12. The normalized spacial score (nSPS) is 12.2. The summed E-state index contributed by atoms with van der Waals surface area (Å²) in [4.78, 5) is 4.12. The molecule has 0 spiro atoms. The molecule has 1 unspecified atom stereocenters. The van der Waals surface area contributed by atoms with E-state index in [1.165, 1.54) is 0 Å². The minimum atomic E-state index is -0.639. The van der Waals surface area contributed by atoms with E-state index < -0.39 is 6.10 Å². The maximum Gasteiger partial charge on any atom is 0.225 e. The van der Waals surface area contributed by atoms with E-state index in [-0.39, 0.29) is 0 Å². The van der Waals surface area contributed by atoms with Crippen LogP contribution in [-0.2, 0) is 0 Å². The molecule has 0 aliphatic carbocycles. The molecule has 0 saturated heterocycles. The number of benzene rings is 1. The molecule has 1 heterocycles. The van der Waals surface area contributed by atoms with Gasteiger partial charge in [0.2, 0.25) is 5.88 Å². The molecule has 0 fully saturated rings. The molecule has 1 atom stereocenters. The number of aliphatic hydroxyl groups is 1. The third-order valence-electron chi connectivity index (χ3n) is 2.35. The molecule has 0 amide bonds. The van der Waals surface area contributed by atoms with Crippen molar-refractivity contribution in [2.24, 2.45) is 0 Å². The van der Waals surface area contributed by atoms with Crippen LogP contribution < -0.4 is 4.74 Å². The Bertz CT molecular complexity index is 560. The monoisotopic (exact) mass is 327 g/mol. The second-order valence-electron chi connectivity index (χ2n) is 3.75. The Kier molecular flexibility index (Phi) is 4.22. The van der Waals surface area contributed by atoms with Crippen molar-refractivity contribution < 1.29 is 9.84 Å². The molecule has 5 heteroatoms.